The Morgan fingerprint density at radius 2 is 1.72 bits per heavy atom. The van der Waals surface area contributed by atoms with Crippen molar-refractivity contribution in [3.63, 3.8) is 0 Å². The first-order valence-corrected chi connectivity index (χ1v) is 14.3. The molecule has 2 N–H and O–H groups in total. The number of unbranched alkanes of at least 4 members (excludes halogenated alkanes) is 1. The zero-order chi connectivity index (χ0) is 28.7. The molecule has 214 valence electrons. The van der Waals surface area contributed by atoms with Crippen LogP contribution in [0.1, 0.15) is 71.1 Å². The summed E-state index contributed by atoms with van der Waals surface area (Å²) in [6.45, 7) is 7.28. The number of hydrogen-bond donors (Lipinski definition) is 2. The van der Waals surface area contributed by atoms with Gasteiger partial charge in [-0.25, -0.2) is 4.79 Å². The summed E-state index contributed by atoms with van der Waals surface area (Å²) in [5.41, 5.74) is 0.113. The number of furan rings is 1. The van der Waals surface area contributed by atoms with Crippen LogP contribution < -0.4 is 10.6 Å². The van der Waals surface area contributed by atoms with E-state index < -0.39 is 35.7 Å². The van der Waals surface area contributed by atoms with Crippen LogP contribution in [-0.2, 0) is 36.2 Å². The van der Waals surface area contributed by atoms with E-state index in [4.69, 9.17) is 13.9 Å². The molecular formula is C29H40N2O7S. The molecule has 0 bridgehead atoms. The Balaban J connectivity index is 2.03. The minimum Gasteiger partial charge on any atom is -0.468 e. The van der Waals surface area contributed by atoms with E-state index in [2.05, 4.69) is 10.6 Å². The summed E-state index contributed by atoms with van der Waals surface area (Å²) < 4.78 is 15.9. The second kappa shape index (κ2) is 16.6. The molecule has 0 aliphatic rings. The number of amides is 2. The third-order valence-electron chi connectivity index (χ3n) is 5.50. The van der Waals surface area contributed by atoms with Gasteiger partial charge in [-0.15, -0.1) is 11.8 Å². The van der Waals surface area contributed by atoms with Crippen LogP contribution in [0.5, 0.6) is 0 Å². The highest BCUT2D eigenvalue weighted by Crippen LogP contribution is 2.15. The van der Waals surface area contributed by atoms with Crippen molar-refractivity contribution < 1.29 is 33.1 Å². The smallest absolute Gasteiger partial charge is 0.408 e. The molecular weight excluding hydrogens is 520 g/mol. The number of rotatable bonds is 16. The lowest BCUT2D eigenvalue weighted by Crippen LogP contribution is -2.52. The zero-order valence-corrected chi connectivity index (χ0v) is 24.0. The summed E-state index contributed by atoms with van der Waals surface area (Å²) in [7, 11) is 0. The van der Waals surface area contributed by atoms with Crippen molar-refractivity contribution in [1.29, 1.82) is 0 Å². The predicted octanol–water partition coefficient (Wildman–Crippen LogP) is 5.17. The highest BCUT2D eigenvalue weighted by molar-refractivity contribution is 7.99. The fraction of sp³-hybridized carbons (Fsp3) is 0.517. The van der Waals surface area contributed by atoms with Crippen molar-refractivity contribution in [2.24, 2.45) is 0 Å². The standard InChI is InChI=1S/C29H40N2O7S/c1-5-6-14-23(25(32)20-39-19-22-13-10-17-36-22)30-27(34)24(15-16-26(33)38-29(2,3)4)31-28(35)37-18-21-11-8-7-9-12-21/h7-13,17,23-24H,5-6,14-16,18-20H2,1-4H3,(H,30,34)(H,31,35)/t23-,24-/m0/s1. The average molecular weight is 561 g/mol. The molecule has 0 aliphatic carbocycles. The number of carbonyl (C=O) groups excluding carboxylic acids is 4. The minimum absolute atomic E-state index is 0.0108. The lowest BCUT2D eigenvalue weighted by atomic mass is 10.0. The molecule has 1 aromatic heterocycles. The van der Waals surface area contributed by atoms with Gasteiger partial charge in [-0.2, -0.15) is 0 Å². The maximum Gasteiger partial charge on any atom is 0.408 e. The van der Waals surface area contributed by atoms with Crippen molar-refractivity contribution in [3.05, 3.63) is 60.1 Å². The summed E-state index contributed by atoms with van der Waals surface area (Å²) in [6, 6.07) is 11.0. The van der Waals surface area contributed by atoms with Crippen molar-refractivity contribution >= 4 is 35.5 Å². The van der Waals surface area contributed by atoms with Crippen LogP contribution in [0, 0.1) is 0 Å². The minimum atomic E-state index is -1.09. The molecule has 0 saturated heterocycles. The van der Waals surface area contributed by atoms with Gasteiger partial charge in [0.1, 0.15) is 24.0 Å². The number of nitrogens with one attached hydrogen (secondary N) is 2. The first-order chi connectivity index (χ1) is 18.6. The zero-order valence-electron chi connectivity index (χ0n) is 23.2. The van der Waals surface area contributed by atoms with E-state index in [1.54, 1.807) is 33.1 Å². The number of hydrogen-bond acceptors (Lipinski definition) is 8. The number of alkyl carbamates (subject to hydrolysis) is 1. The lowest BCUT2D eigenvalue weighted by molar-refractivity contribution is -0.155. The monoisotopic (exact) mass is 560 g/mol. The van der Waals surface area contributed by atoms with Crippen molar-refractivity contribution in [1.82, 2.24) is 10.6 Å². The number of esters is 1. The van der Waals surface area contributed by atoms with Gasteiger partial charge >= 0.3 is 12.1 Å². The van der Waals surface area contributed by atoms with Crippen LogP contribution in [0.4, 0.5) is 4.79 Å². The molecule has 0 fully saturated rings. The highest BCUT2D eigenvalue weighted by Gasteiger charge is 2.28. The van der Waals surface area contributed by atoms with Gasteiger partial charge in [0.15, 0.2) is 5.78 Å². The molecule has 0 aliphatic heterocycles. The SMILES string of the molecule is CCCC[C@H](NC(=O)[C@H](CCC(=O)OC(C)(C)C)NC(=O)OCc1ccccc1)C(=O)CSCc1ccco1. The summed E-state index contributed by atoms with van der Waals surface area (Å²) in [6.07, 6.45) is 2.74. The topological polar surface area (TPSA) is 124 Å². The van der Waals surface area contributed by atoms with Gasteiger partial charge in [0.2, 0.25) is 5.91 Å². The van der Waals surface area contributed by atoms with Gasteiger partial charge in [-0.1, -0.05) is 50.1 Å². The number of ether oxygens (including phenoxy) is 2. The number of benzene rings is 1. The predicted molar refractivity (Wildman–Crippen MR) is 150 cm³/mol. The van der Waals surface area contributed by atoms with Gasteiger partial charge in [-0.3, -0.25) is 14.4 Å². The molecule has 2 rings (SSSR count). The first-order valence-electron chi connectivity index (χ1n) is 13.2. The van der Waals surface area contributed by atoms with Crippen molar-refractivity contribution in [2.45, 2.75) is 89.8 Å². The van der Waals surface area contributed by atoms with E-state index in [-0.39, 0.29) is 31.0 Å². The Labute approximate surface area is 234 Å². The number of carbonyl (C=O) groups is 4. The second-order valence-electron chi connectivity index (χ2n) is 10.1. The fourth-order valence-electron chi connectivity index (χ4n) is 3.57. The molecule has 9 nitrogen and oxygen atoms in total. The van der Waals surface area contributed by atoms with E-state index in [9.17, 15) is 19.2 Å². The van der Waals surface area contributed by atoms with Crippen LogP contribution in [0.2, 0.25) is 0 Å². The van der Waals surface area contributed by atoms with E-state index >= 15 is 0 Å². The Morgan fingerprint density at radius 1 is 0.974 bits per heavy atom. The Morgan fingerprint density at radius 3 is 2.36 bits per heavy atom. The molecule has 0 radical (unpaired) electrons. The van der Waals surface area contributed by atoms with Gasteiger partial charge in [0.05, 0.1) is 23.8 Å². The van der Waals surface area contributed by atoms with E-state index in [0.29, 0.717) is 12.2 Å². The average Bonchev–Trinajstić information content (AvgIpc) is 3.40. The van der Waals surface area contributed by atoms with Crippen LogP contribution in [0.3, 0.4) is 0 Å². The number of Topliss-reactive ketones (excluding diaryl/α,β-unsaturated/α-hetero) is 1. The van der Waals surface area contributed by atoms with Crippen molar-refractivity contribution in [2.75, 3.05) is 5.75 Å². The normalized spacial score (nSPS) is 12.7. The summed E-state index contributed by atoms with van der Waals surface area (Å²) in [5.74, 6) is 0.340. The fourth-order valence-corrected chi connectivity index (χ4v) is 4.44. The molecule has 1 aromatic carbocycles. The molecule has 0 spiro atoms. The van der Waals surface area contributed by atoms with Gasteiger partial charge in [-0.05, 0) is 51.3 Å². The third kappa shape index (κ3) is 13.4. The van der Waals surface area contributed by atoms with Crippen LogP contribution >= 0.6 is 11.8 Å². The Hall–Kier alpha value is -3.27. The second-order valence-corrected chi connectivity index (χ2v) is 11.1. The third-order valence-corrected chi connectivity index (χ3v) is 6.48. The highest BCUT2D eigenvalue weighted by atomic mass is 32.2. The van der Waals surface area contributed by atoms with E-state index in [1.807, 2.05) is 43.3 Å². The molecule has 2 atom stereocenters. The van der Waals surface area contributed by atoms with E-state index in [1.165, 1.54) is 11.8 Å². The molecule has 39 heavy (non-hydrogen) atoms. The van der Waals surface area contributed by atoms with Crippen LogP contribution in [0.25, 0.3) is 0 Å². The summed E-state index contributed by atoms with van der Waals surface area (Å²) in [4.78, 5) is 51.1. The largest absolute Gasteiger partial charge is 0.468 e. The van der Waals surface area contributed by atoms with Crippen LogP contribution in [-0.4, -0.2) is 47.2 Å². The molecule has 10 heteroatoms. The number of thioether (sulfide) groups is 1. The van der Waals surface area contributed by atoms with Crippen LogP contribution in [0.15, 0.2) is 53.1 Å². The maximum atomic E-state index is 13.3. The van der Waals surface area contributed by atoms with Gasteiger partial charge < -0.3 is 24.5 Å². The van der Waals surface area contributed by atoms with Gasteiger partial charge in [0, 0.05) is 6.42 Å². The summed E-state index contributed by atoms with van der Waals surface area (Å²) in [5, 5.41) is 5.36. The quantitative estimate of drug-likeness (QED) is 0.269. The number of ketones is 1. The Bertz CT molecular complexity index is 1040. The van der Waals surface area contributed by atoms with Crippen molar-refractivity contribution in [3.8, 4) is 0 Å². The molecule has 2 amide bonds. The first kappa shape index (κ1) is 31.9. The summed E-state index contributed by atoms with van der Waals surface area (Å²) >= 11 is 1.41. The lowest BCUT2D eigenvalue weighted by Gasteiger charge is -2.24. The molecule has 0 unspecified atom stereocenters. The molecule has 0 saturated carbocycles. The maximum absolute atomic E-state index is 13.3. The molecule has 2 aromatic rings. The molecule has 1 heterocycles. The van der Waals surface area contributed by atoms with Gasteiger partial charge in [0.25, 0.3) is 0 Å². The van der Waals surface area contributed by atoms with E-state index in [0.717, 1.165) is 24.2 Å². The Kier molecular flexibility index (Phi) is 13.6.